The molecule has 5 nitrogen and oxygen atoms in total. The van der Waals surface area contributed by atoms with Crippen LogP contribution in [0, 0.1) is 17.8 Å². The molecule has 4 saturated heterocycles. The highest BCUT2D eigenvalue weighted by Gasteiger charge is 2.68. The van der Waals surface area contributed by atoms with Crippen LogP contribution in [0.3, 0.4) is 0 Å². The summed E-state index contributed by atoms with van der Waals surface area (Å²) in [6.07, 6.45) is 4.13. The maximum Gasteiger partial charge on any atom is 0.225 e. The fourth-order valence-electron chi connectivity index (χ4n) is 5.71. The van der Waals surface area contributed by atoms with Gasteiger partial charge in [0.15, 0.2) is 11.8 Å². The maximum atomic E-state index is 13.1. The number of fused-ring (bicyclic) bond motifs is 2. The molecule has 5 aliphatic rings. The highest BCUT2D eigenvalue weighted by molar-refractivity contribution is 5.78. The third kappa shape index (κ3) is 2.30. The summed E-state index contributed by atoms with van der Waals surface area (Å²) in [5.41, 5.74) is 0.585. The molecule has 1 spiro atoms. The van der Waals surface area contributed by atoms with Crippen LogP contribution in [0.5, 0.6) is 0 Å². The van der Waals surface area contributed by atoms with Crippen molar-refractivity contribution in [3.05, 3.63) is 35.9 Å². The van der Waals surface area contributed by atoms with Crippen LogP contribution in [0.4, 0.5) is 0 Å². The van der Waals surface area contributed by atoms with Crippen molar-refractivity contribution in [2.45, 2.75) is 70.1 Å². The van der Waals surface area contributed by atoms with Crippen molar-refractivity contribution in [3.63, 3.8) is 0 Å². The van der Waals surface area contributed by atoms with E-state index in [1.54, 1.807) is 0 Å². The van der Waals surface area contributed by atoms with E-state index in [0.29, 0.717) is 24.8 Å². The van der Waals surface area contributed by atoms with Gasteiger partial charge in [0.2, 0.25) is 11.7 Å². The van der Waals surface area contributed by atoms with Crippen molar-refractivity contribution >= 4 is 5.91 Å². The van der Waals surface area contributed by atoms with Crippen molar-refractivity contribution < 1.29 is 19.3 Å². The van der Waals surface area contributed by atoms with Crippen LogP contribution in [0.1, 0.15) is 51.5 Å². The van der Waals surface area contributed by atoms with E-state index in [0.717, 1.165) is 31.2 Å². The van der Waals surface area contributed by atoms with Gasteiger partial charge in [0.1, 0.15) is 0 Å². The second kappa shape index (κ2) is 5.78. The minimum absolute atomic E-state index is 0.169. The Morgan fingerprint density at radius 3 is 2.77 bits per heavy atom. The highest BCUT2D eigenvalue weighted by Crippen LogP contribution is 2.59. The van der Waals surface area contributed by atoms with Gasteiger partial charge in [-0.2, -0.15) is 0 Å². The Kier molecular flexibility index (Phi) is 3.72. The van der Waals surface area contributed by atoms with Gasteiger partial charge in [-0.15, -0.1) is 0 Å². The van der Waals surface area contributed by atoms with Crippen LogP contribution in [0.25, 0.3) is 0 Å². The lowest BCUT2D eigenvalue weighted by Gasteiger charge is -2.60. The summed E-state index contributed by atoms with van der Waals surface area (Å²) in [5.74, 6) is 0.484. The molecular formula is C21H27NO4. The smallest absolute Gasteiger partial charge is 0.225 e. The van der Waals surface area contributed by atoms with Crippen LogP contribution in [-0.4, -0.2) is 28.4 Å². The molecule has 2 bridgehead atoms. The van der Waals surface area contributed by atoms with E-state index < -0.39 is 11.4 Å². The van der Waals surface area contributed by atoms with Crippen LogP contribution in [0.15, 0.2) is 30.3 Å². The van der Waals surface area contributed by atoms with E-state index in [4.69, 9.17) is 14.5 Å². The van der Waals surface area contributed by atoms with Crippen molar-refractivity contribution in [2.24, 2.45) is 17.8 Å². The number of carbonyl (C=O) groups is 1. The second-order valence-corrected chi connectivity index (χ2v) is 8.73. The van der Waals surface area contributed by atoms with Gasteiger partial charge in [0.25, 0.3) is 0 Å². The summed E-state index contributed by atoms with van der Waals surface area (Å²) in [5, 5.41) is 0. The summed E-state index contributed by atoms with van der Waals surface area (Å²) < 4.78 is 6.49. The molecule has 1 aromatic rings. The number of hydrogen-bond acceptors (Lipinski definition) is 4. The van der Waals surface area contributed by atoms with E-state index in [1.165, 1.54) is 0 Å². The van der Waals surface area contributed by atoms with Gasteiger partial charge < -0.3 is 9.64 Å². The minimum atomic E-state index is -0.774. The molecule has 26 heavy (non-hydrogen) atoms. The Labute approximate surface area is 154 Å². The van der Waals surface area contributed by atoms with Crippen LogP contribution < -0.4 is 0 Å². The zero-order valence-corrected chi connectivity index (χ0v) is 15.5. The number of amides is 1. The molecule has 1 amide bonds. The van der Waals surface area contributed by atoms with Gasteiger partial charge in [-0.3, -0.25) is 4.79 Å². The molecule has 0 aromatic heterocycles. The molecule has 4 heterocycles. The second-order valence-electron chi connectivity index (χ2n) is 8.73. The first-order valence-electron chi connectivity index (χ1n) is 9.90. The van der Waals surface area contributed by atoms with Gasteiger partial charge in [0.05, 0.1) is 0 Å². The predicted molar refractivity (Wildman–Crippen MR) is 94.4 cm³/mol. The first kappa shape index (κ1) is 16.7. The number of hydrogen-bond donors (Lipinski definition) is 0. The molecule has 4 aliphatic heterocycles. The highest BCUT2D eigenvalue weighted by atomic mass is 17.3. The molecule has 5 fully saturated rings. The minimum Gasteiger partial charge on any atom is -0.321 e. The molecule has 1 unspecified atom stereocenters. The molecule has 6 atom stereocenters. The van der Waals surface area contributed by atoms with E-state index in [9.17, 15) is 4.79 Å². The zero-order valence-electron chi connectivity index (χ0n) is 15.5. The van der Waals surface area contributed by atoms with Gasteiger partial charge in [-0.1, -0.05) is 37.3 Å². The quantitative estimate of drug-likeness (QED) is 0.759. The first-order chi connectivity index (χ1) is 12.5. The standard InChI is InChI=1S/C21H27NO4/c1-14-8-9-16-12-18(23)22(13-15-6-4-3-5-7-15)19-21(16)17(14)10-11-20(2,24-19)25-26-21/h3-7,14,16-17,19H,8-13H2,1-2H3/t14-,16+,17+,19?,20-,21+/m1/s1. The molecule has 6 rings (SSSR count). The number of carbonyl (C=O) groups excluding carboxylic acids is 1. The van der Waals surface area contributed by atoms with Crippen molar-refractivity contribution in [1.29, 1.82) is 0 Å². The Balaban J connectivity index is 1.58. The molecule has 1 aliphatic carbocycles. The maximum absolute atomic E-state index is 13.1. The van der Waals surface area contributed by atoms with E-state index in [-0.39, 0.29) is 18.1 Å². The van der Waals surface area contributed by atoms with Crippen molar-refractivity contribution in [2.75, 3.05) is 0 Å². The lowest BCUT2D eigenvalue weighted by molar-refractivity contribution is -0.546. The van der Waals surface area contributed by atoms with Gasteiger partial charge in [-0.25, -0.2) is 9.78 Å². The summed E-state index contributed by atoms with van der Waals surface area (Å²) in [6.45, 7) is 4.81. The van der Waals surface area contributed by atoms with E-state index >= 15 is 0 Å². The van der Waals surface area contributed by atoms with Gasteiger partial charge in [-0.05, 0) is 43.6 Å². The third-order valence-corrected chi connectivity index (χ3v) is 7.11. The number of ether oxygens (including phenoxy) is 1. The Bertz CT molecular complexity index is 705. The van der Waals surface area contributed by atoms with Crippen LogP contribution >= 0.6 is 0 Å². The lowest BCUT2D eigenvalue weighted by atomic mass is 9.59. The summed E-state index contributed by atoms with van der Waals surface area (Å²) in [6, 6.07) is 10.1. The molecule has 140 valence electrons. The molecule has 1 saturated carbocycles. The molecular weight excluding hydrogens is 330 g/mol. The summed E-state index contributed by atoms with van der Waals surface area (Å²) >= 11 is 0. The number of piperidine rings is 1. The number of rotatable bonds is 2. The summed E-state index contributed by atoms with van der Waals surface area (Å²) in [7, 11) is 0. The van der Waals surface area contributed by atoms with Crippen LogP contribution in [0.2, 0.25) is 0 Å². The molecule has 0 radical (unpaired) electrons. The monoisotopic (exact) mass is 357 g/mol. The Morgan fingerprint density at radius 2 is 1.96 bits per heavy atom. The van der Waals surface area contributed by atoms with E-state index in [2.05, 4.69) is 19.1 Å². The summed E-state index contributed by atoms with van der Waals surface area (Å²) in [4.78, 5) is 27.0. The zero-order chi connectivity index (χ0) is 17.9. The molecule has 0 N–H and O–H groups in total. The average Bonchev–Trinajstić information content (AvgIpc) is 2.87. The van der Waals surface area contributed by atoms with Crippen molar-refractivity contribution in [3.8, 4) is 0 Å². The Morgan fingerprint density at radius 1 is 1.15 bits per heavy atom. The fraction of sp³-hybridized carbons (Fsp3) is 0.667. The fourth-order valence-corrected chi connectivity index (χ4v) is 5.71. The topological polar surface area (TPSA) is 48.0 Å². The normalized spacial score (nSPS) is 44.5. The molecule has 5 heteroatoms. The first-order valence-corrected chi connectivity index (χ1v) is 9.90. The lowest BCUT2D eigenvalue weighted by Crippen LogP contribution is -2.72. The van der Waals surface area contributed by atoms with Crippen LogP contribution in [-0.2, 0) is 25.9 Å². The Hall–Kier alpha value is -1.43. The number of benzene rings is 1. The van der Waals surface area contributed by atoms with Gasteiger partial charge in [0, 0.05) is 25.3 Å². The van der Waals surface area contributed by atoms with E-state index in [1.807, 2.05) is 30.0 Å². The number of nitrogens with zero attached hydrogens (tertiary/aromatic N) is 1. The molecule has 1 aromatic carbocycles. The van der Waals surface area contributed by atoms with Crippen molar-refractivity contribution in [1.82, 2.24) is 4.90 Å². The average molecular weight is 357 g/mol. The largest absolute Gasteiger partial charge is 0.321 e. The van der Waals surface area contributed by atoms with Gasteiger partial charge >= 0.3 is 0 Å². The SMILES string of the molecule is C[C@@H]1CC[C@H]2CC(=O)N(Cc3ccccc3)C3O[C@@]4(C)CC[C@@H]1[C@]32OO4. The third-order valence-electron chi connectivity index (χ3n) is 7.11. The number of likely N-dealkylation sites (tertiary alicyclic amines) is 1. The predicted octanol–water partition coefficient (Wildman–Crippen LogP) is 3.63.